The van der Waals surface area contributed by atoms with Gasteiger partial charge in [0.2, 0.25) is 0 Å². The number of benzene rings is 1. The number of nitrogens with one attached hydrogen (secondary N) is 1. The summed E-state index contributed by atoms with van der Waals surface area (Å²) < 4.78 is 8.11. The minimum Gasteiger partial charge on any atom is -0.491 e. The minimum absolute atomic E-state index is 0.0778. The molecule has 6 nitrogen and oxygen atoms in total. The van der Waals surface area contributed by atoms with Crippen LogP contribution < -0.4 is 15.0 Å². The Balaban J connectivity index is 1.55. The summed E-state index contributed by atoms with van der Waals surface area (Å²) in [5.41, 5.74) is 4.25. The van der Waals surface area contributed by atoms with Crippen molar-refractivity contribution in [3.8, 4) is 5.75 Å². The molecule has 172 valence electrons. The molecule has 0 aliphatic carbocycles. The highest BCUT2D eigenvalue weighted by Crippen LogP contribution is 2.42. The van der Waals surface area contributed by atoms with Crippen molar-refractivity contribution in [3.63, 3.8) is 0 Å². The largest absolute Gasteiger partial charge is 0.491 e. The Morgan fingerprint density at radius 3 is 2.56 bits per heavy atom. The van der Waals surface area contributed by atoms with Crippen molar-refractivity contribution in [1.29, 1.82) is 0 Å². The highest BCUT2D eigenvalue weighted by atomic mass is 32.1. The van der Waals surface area contributed by atoms with Crippen LogP contribution in [0, 0.1) is 0 Å². The van der Waals surface area contributed by atoms with Crippen LogP contribution in [0.25, 0.3) is 0 Å². The zero-order valence-corrected chi connectivity index (χ0v) is 20.0. The lowest BCUT2D eigenvalue weighted by atomic mass is 10.0. The van der Waals surface area contributed by atoms with E-state index in [4.69, 9.17) is 17.0 Å². The van der Waals surface area contributed by atoms with E-state index in [2.05, 4.69) is 61.3 Å². The van der Waals surface area contributed by atoms with E-state index in [9.17, 15) is 0 Å². The zero-order valence-electron chi connectivity index (χ0n) is 19.2. The second-order valence-electron chi connectivity index (χ2n) is 8.58. The number of aromatic nitrogens is 3. The van der Waals surface area contributed by atoms with Crippen LogP contribution in [0.1, 0.15) is 42.9 Å². The average molecular weight is 470 g/mol. The van der Waals surface area contributed by atoms with E-state index in [1.807, 2.05) is 62.6 Å². The minimum atomic E-state index is -0.0946. The van der Waals surface area contributed by atoms with E-state index in [1.165, 1.54) is 0 Å². The maximum Gasteiger partial charge on any atom is 0.174 e. The van der Waals surface area contributed by atoms with E-state index in [1.54, 1.807) is 6.20 Å². The molecular weight excluding hydrogens is 442 g/mol. The quantitative estimate of drug-likeness (QED) is 0.371. The van der Waals surface area contributed by atoms with Crippen molar-refractivity contribution in [2.24, 2.45) is 0 Å². The van der Waals surface area contributed by atoms with Gasteiger partial charge in [0.05, 0.1) is 17.8 Å². The van der Waals surface area contributed by atoms with Gasteiger partial charge in [-0.3, -0.25) is 9.97 Å². The lowest BCUT2D eigenvalue weighted by Gasteiger charge is -2.29. The standard InChI is InChI=1S/C27H27N5OS/c1-19(2)33-22-12-10-21(11-13-22)32-26(25(30-27(32)34)23-8-3-4-15-29-23)24-9-6-16-31(24)18-20-7-5-14-28-17-20/h3-17,19,25-26H,18H2,1-2H3,(H,30,34)/t25-,26-/m0/s1. The highest BCUT2D eigenvalue weighted by molar-refractivity contribution is 7.80. The molecule has 1 saturated heterocycles. The van der Waals surface area contributed by atoms with Crippen molar-refractivity contribution in [2.45, 2.75) is 38.6 Å². The molecule has 0 bridgehead atoms. The third-order valence-electron chi connectivity index (χ3n) is 5.83. The lowest BCUT2D eigenvalue weighted by Crippen LogP contribution is -2.30. The van der Waals surface area contributed by atoms with Gasteiger partial charge in [0, 0.05) is 42.7 Å². The summed E-state index contributed by atoms with van der Waals surface area (Å²) >= 11 is 5.86. The molecule has 34 heavy (non-hydrogen) atoms. The van der Waals surface area contributed by atoms with E-state index in [0.29, 0.717) is 5.11 Å². The van der Waals surface area contributed by atoms with Gasteiger partial charge in [0.1, 0.15) is 11.8 Å². The molecule has 0 saturated carbocycles. The molecule has 1 N–H and O–H groups in total. The van der Waals surface area contributed by atoms with Crippen molar-refractivity contribution in [2.75, 3.05) is 4.90 Å². The Kier molecular flexibility index (Phi) is 6.27. The van der Waals surface area contributed by atoms with Crippen molar-refractivity contribution in [1.82, 2.24) is 19.9 Å². The first-order chi connectivity index (χ1) is 16.6. The van der Waals surface area contributed by atoms with Crippen LogP contribution >= 0.6 is 12.2 Å². The molecule has 0 unspecified atom stereocenters. The van der Waals surface area contributed by atoms with Gasteiger partial charge >= 0.3 is 0 Å². The number of hydrogen-bond acceptors (Lipinski definition) is 4. The molecule has 2 atom stereocenters. The van der Waals surface area contributed by atoms with Gasteiger partial charge in [-0.2, -0.15) is 0 Å². The predicted molar refractivity (Wildman–Crippen MR) is 138 cm³/mol. The number of thiocarbonyl (C=S) groups is 1. The third kappa shape index (κ3) is 4.52. The predicted octanol–water partition coefficient (Wildman–Crippen LogP) is 5.29. The maximum absolute atomic E-state index is 5.86. The molecular formula is C27H27N5OS. The molecule has 5 rings (SSSR count). The van der Waals surface area contributed by atoms with Gasteiger partial charge in [-0.25, -0.2) is 0 Å². The molecule has 4 aromatic rings. The Labute approximate surface area is 205 Å². The second kappa shape index (κ2) is 9.65. The molecule has 1 aromatic carbocycles. The van der Waals surface area contributed by atoms with Crippen LogP contribution in [-0.4, -0.2) is 25.8 Å². The molecule has 0 radical (unpaired) electrons. The first kappa shape index (κ1) is 22.1. The summed E-state index contributed by atoms with van der Waals surface area (Å²) in [5.74, 6) is 0.842. The van der Waals surface area contributed by atoms with E-state index in [0.717, 1.165) is 34.9 Å². The third-order valence-corrected chi connectivity index (χ3v) is 6.14. The Bertz CT molecular complexity index is 1240. The fourth-order valence-corrected chi connectivity index (χ4v) is 4.76. The fraction of sp³-hybridized carbons (Fsp3) is 0.222. The molecule has 1 aliphatic rings. The van der Waals surface area contributed by atoms with Gasteiger partial charge in [0.25, 0.3) is 0 Å². The molecule has 1 fully saturated rings. The van der Waals surface area contributed by atoms with E-state index in [-0.39, 0.29) is 18.2 Å². The van der Waals surface area contributed by atoms with Gasteiger partial charge in [0.15, 0.2) is 5.11 Å². The van der Waals surface area contributed by atoms with Crippen LogP contribution in [0.4, 0.5) is 5.69 Å². The highest BCUT2D eigenvalue weighted by Gasteiger charge is 2.42. The monoisotopic (exact) mass is 469 g/mol. The summed E-state index contributed by atoms with van der Waals surface area (Å²) in [7, 11) is 0. The number of rotatable bonds is 7. The first-order valence-electron chi connectivity index (χ1n) is 11.4. The van der Waals surface area contributed by atoms with Crippen LogP contribution in [0.2, 0.25) is 0 Å². The number of pyridine rings is 2. The molecule has 7 heteroatoms. The Morgan fingerprint density at radius 1 is 1.00 bits per heavy atom. The maximum atomic E-state index is 5.86. The number of nitrogens with zero attached hydrogens (tertiary/aromatic N) is 4. The van der Waals surface area contributed by atoms with Crippen LogP contribution in [0.15, 0.2) is 91.5 Å². The van der Waals surface area contributed by atoms with Crippen LogP contribution in [0.5, 0.6) is 5.75 Å². The molecule has 0 amide bonds. The smallest absolute Gasteiger partial charge is 0.174 e. The lowest BCUT2D eigenvalue weighted by molar-refractivity contribution is 0.242. The Hall–Kier alpha value is -3.71. The number of hydrogen-bond donors (Lipinski definition) is 1. The summed E-state index contributed by atoms with van der Waals surface area (Å²) in [5, 5.41) is 4.21. The topological polar surface area (TPSA) is 55.2 Å². The van der Waals surface area contributed by atoms with Crippen LogP contribution in [-0.2, 0) is 6.54 Å². The Morgan fingerprint density at radius 2 is 1.85 bits per heavy atom. The first-order valence-corrected chi connectivity index (χ1v) is 11.8. The summed E-state index contributed by atoms with van der Waals surface area (Å²) in [6.07, 6.45) is 7.76. The normalized spacial score (nSPS) is 17.7. The summed E-state index contributed by atoms with van der Waals surface area (Å²) in [6, 6.07) is 22.2. The molecule has 0 spiro atoms. The van der Waals surface area contributed by atoms with E-state index < -0.39 is 0 Å². The van der Waals surface area contributed by atoms with Gasteiger partial charge in [-0.05, 0) is 86.2 Å². The van der Waals surface area contributed by atoms with Crippen molar-refractivity contribution in [3.05, 3.63) is 108 Å². The molecule has 4 heterocycles. The van der Waals surface area contributed by atoms with Gasteiger partial charge < -0.3 is 19.5 Å². The van der Waals surface area contributed by atoms with Crippen LogP contribution in [0.3, 0.4) is 0 Å². The summed E-state index contributed by atoms with van der Waals surface area (Å²) in [6.45, 7) is 4.78. The summed E-state index contributed by atoms with van der Waals surface area (Å²) in [4.78, 5) is 11.1. The zero-order chi connectivity index (χ0) is 23.5. The molecule has 3 aromatic heterocycles. The van der Waals surface area contributed by atoms with Gasteiger partial charge in [-0.15, -0.1) is 0 Å². The average Bonchev–Trinajstić information content (AvgIpc) is 3.44. The van der Waals surface area contributed by atoms with Crippen molar-refractivity contribution < 1.29 is 4.74 Å². The second-order valence-corrected chi connectivity index (χ2v) is 8.97. The van der Waals surface area contributed by atoms with Gasteiger partial charge in [-0.1, -0.05) is 12.1 Å². The molecule has 1 aliphatic heterocycles. The SMILES string of the molecule is CC(C)Oc1ccc(N2C(=S)N[C@@H](c3ccccn3)[C@@H]2c2cccn2Cc2cccnc2)cc1. The number of ether oxygens (including phenoxy) is 1. The fourth-order valence-electron chi connectivity index (χ4n) is 4.42. The van der Waals surface area contributed by atoms with E-state index >= 15 is 0 Å². The number of anilines is 1. The van der Waals surface area contributed by atoms with Crippen molar-refractivity contribution >= 4 is 23.0 Å².